The molecule has 12 heteroatoms. The van der Waals surface area contributed by atoms with E-state index in [0.29, 0.717) is 5.56 Å². The van der Waals surface area contributed by atoms with Crippen LogP contribution in [0.15, 0.2) is 105 Å². The summed E-state index contributed by atoms with van der Waals surface area (Å²) in [5, 5.41) is 0. The third kappa shape index (κ3) is 3.53. The van der Waals surface area contributed by atoms with Crippen molar-refractivity contribution in [3.63, 3.8) is 0 Å². The predicted octanol–water partition coefficient (Wildman–Crippen LogP) is 2.50. The van der Waals surface area contributed by atoms with Crippen molar-refractivity contribution in [3.8, 4) is 5.69 Å². The summed E-state index contributed by atoms with van der Waals surface area (Å²) in [6, 6.07) is 22.6. The fraction of sp³-hybridized carbons (Fsp3) is 0.172. The van der Waals surface area contributed by atoms with E-state index < -0.39 is 38.9 Å². The average molecular weight is 572 g/mol. The molecular formula is C29H25N5O6S. The minimum Gasteiger partial charge on any atom is -0.274 e. The van der Waals surface area contributed by atoms with E-state index in [1.54, 1.807) is 72.8 Å². The van der Waals surface area contributed by atoms with Crippen LogP contribution in [0, 0.1) is 0 Å². The van der Waals surface area contributed by atoms with Gasteiger partial charge < -0.3 is 0 Å². The summed E-state index contributed by atoms with van der Waals surface area (Å²) in [5.41, 5.74) is -2.12. The number of rotatable bonds is 4. The summed E-state index contributed by atoms with van der Waals surface area (Å²) in [6.07, 6.45) is 0. The number of anilines is 1. The van der Waals surface area contributed by atoms with E-state index in [1.807, 2.05) is 0 Å². The minimum absolute atomic E-state index is 0.0381. The van der Waals surface area contributed by atoms with Gasteiger partial charge in [-0.15, -0.1) is 0 Å². The molecule has 0 bridgehead atoms. The van der Waals surface area contributed by atoms with Crippen LogP contribution in [0.25, 0.3) is 11.3 Å². The zero-order valence-corrected chi connectivity index (χ0v) is 23.2. The van der Waals surface area contributed by atoms with Crippen LogP contribution in [0.4, 0.5) is 5.69 Å². The highest BCUT2D eigenvalue weighted by molar-refractivity contribution is 7.93. The van der Waals surface area contributed by atoms with Crippen LogP contribution in [0.2, 0.25) is 0 Å². The van der Waals surface area contributed by atoms with Gasteiger partial charge in [-0.3, -0.25) is 14.5 Å². The summed E-state index contributed by atoms with van der Waals surface area (Å²) in [7, 11) is -4.37. The highest BCUT2D eigenvalue weighted by Crippen LogP contribution is 2.55. The number of imide groups is 1. The Morgan fingerprint density at radius 2 is 1.37 bits per heavy atom. The van der Waals surface area contributed by atoms with Gasteiger partial charge in [0.25, 0.3) is 10.0 Å². The lowest BCUT2D eigenvalue weighted by Crippen LogP contribution is -2.58. The number of allylic oxidation sites excluding steroid dienone is 1. The van der Waals surface area contributed by atoms with Crippen LogP contribution in [-0.2, 0) is 31.8 Å². The maximum atomic E-state index is 14.4. The SMILES string of the molecule is CC(=O)N(C(C)=O)C1=C2c3ccccc3N(S(=O)(=O)c3ccccc3)C2(C)n2c(=O)n(-c3ccccc3)c(=O)n2C1. The summed E-state index contributed by atoms with van der Waals surface area (Å²) >= 11 is 0. The van der Waals surface area contributed by atoms with Crippen LogP contribution in [0.3, 0.4) is 0 Å². The Morgan fingerprint density at radius 3 is 1.98 bits per heavy atom. The molecule has 3 heterocycles. The van der Waals surface area contributed by atoms with Crippen LogP contribution in [-0.4, -0.2) is 39.1 Å². The first-order valence-electron chi connectivity index (χ1n) is 12.8. The van der Waals surface area contributed by atoms with Crippen molar-refractivity contribution >= 4 is 33.1 Å². The first kappa shape index (κ1) is 26.3. The van der Waals surface area contributed by atoms with Gasteiger partial charge in [0.2, 0.25) is 11.8 Å². The summed E-state index contributed by atoms with van der Waals surface area (Å²) in [4.78, 5) is 54.7. The van der Waals surface area contributed by atoms with Crippen molar-refractivity contribution in [2.75, 3.05) is 4.31 Å². The number of fused-ring (bicyclic) bond motifs is 5. The second kappa shape index (κ2) is 9.03. The molecule has 1 aromatic heterocycles. The molecule has 1 unspecified atom stereocenters. The number of hydrogen-bond acceptors (Lipinski definition) is 6. The number of hydrogen-bond donors (Lipinski definition) is 0. The second-order valence-corrected chi connectivity index (χ2v) is 11.7. The van der Waals surface area contributed by atoms with Crippen molar-refractivity contribution in [3.05, 3.63) is 117 Å². The number of sulfonamides is 1. The molecule has 0 radical (unpaired) electrons. The molecule has 208 valence electrons. The van der Waals surface area contributed by atoms with Crippen LogP contribution < -0.4 is 15.7 Å². The summed E-state index contributed by atoms with van der Waals surface area (Å²) < 4.78 is 33.1. The molecule has 1 atom stereocenters. The Bertz CT molecular complexity index is 1990. The van der Waals surface area contributed by atoms with Gasteiger partial charge >= 0.3 is 11.4 Å². The number of benzene rings is 3. The third-order valence-corrected chi connectivity index (χ3v) is 9.38. The normalized spacial score (nSPS) is 17.6. The largest absolute Gasteiger partial charge is 0.354 e. The Labute approximate surface area is 234 Å². The van der Waals surface area contributed by atoms with Gasteiger partial charge in [-0.1, -0.05) is 54.6 Å². The van der Waals surface area contributed by atoms with Gasteiger partial charge in [-0.25, -0.2) is 31.6 Å². The van der Waals surface area contributed by atoms with Crippen LogP contribution in [0.1, 0.15) is 26.3 Å². The number of para-hydroxylation sites is 2. The minimum atomic E-state index is -4.37. The van der Waals surface area contributed by atoms with Gasteiger partial charge in [-0.2, -0.15) is 4.68 Å². The van der Waals surface area contributed by atoms with Gasteiger partial charge in [0, 0.05) is 25.0 Å². The number of carbonyl (C=O) groups excluding carboxylic acids is 2. The highest BCUT2D eigenvalue weighted by atomic mass is 32.2. The molecule has 11 nitrogen and oxygen atoms in total. The second-order valence-electron chi connectivity index (χ2n) is 9.92. The zero-order chi connectivity index (χ0) is 29.3. The van der Waals surface area contributed by atoms with Gasteiger partial charge in [-0.05, 0) is 37.3 Å². The zero-order valence-electron chi connectivity index (χ0n) is 22.4. The predicted molar refractivity (Wildman–Crippen MR) is 151 cm³/mol. The summed E-state index contributed by atoms with van der Waals surface area (Å²) in [6.45, 7) is 3.61. The molecule has 2 aliphatic heterocycles. The van der Waals surface area contributed by atoms with Crippen molar-refractivity contribution in [1.82, 2.24) is 18.8 Å². The molecule has 41 heavy (non-hydrogen) atoms. The number of carbonyl (C=O) groups is 2. The van der Waals surface area contributed by atoms with Gasteiger partial charge in [0.1, 0.15) is 0 Å². The molecule has 0 N–H and O–H groups in total. The van der Waals surface area contributed by atoms with E-state index in [4.69, 9.17) is 0 Å². The molecular weight excluding hydrogens is 546 g/mol. The number of nitrogens with zero attached hydrogens (tertiary/aromatic N) is 5. The van der Waals surface area contributed by atoms with Crippen molar-refractivity contribution < 1.29 is 18.0 Å². The maximum Gasteiger partial charge on any atom is 0.354 e. The lowest BCUT2D eigenvalue weighted by molar-refractivity contribution is -0.139. The average Bonchev–Trinajstić information content (AvgIpc) is 3.37. The molecule has 0 spiro atoms. The quantitative estimate of drug-likeness (QED) is 0.371. The third-order valence-electron chi connectivity index (χ3n) is 7.48. The molecule has 0 fully saturated rings. The van der Waals surface area contributed by atoms with E-state index in [1.165, 1.54) is 32.9 Å². The molecule has 0 saturated heterocycles. The van der Waals surface area contributed by atoms with E-state index in [9.17, 15) is 27.6 Å². The first-order valence-corrected chi connectivity index (χ1v) is 14.2. The van der Waals surface area contributed by atoms with Crippen LogP contribution in [0.5, 0.6) is 0 Å². The molecule has 4 aromatic rings. The summed E-state index contributed by atoms with van der Waals surface area (Å²) in [5.74, 6) is -1.23. The highest BCUT2D eigenvalue weighted by Gasteiger charge is 2.58. The standard InChI is InChI=1S/C29H25N5O6S/c1-19(35)31(20(2)36)25-18-30-27(37)32(21-12-6-4-7-13-21)28(38)33(30)29(3)26(25)23-16-10-11-17-24(23)34(29)41(39,40)22-14-8-5-9-15-22/h4-17H,18H2,1-3H3. The first-order chi connectivity index (χ1) is 19.5. The van der Waals surface area contributed by atoms with Crippen LogP contribution >= 0.6 is 0 Å². The lowest BCUT2D eigenvalue weighted by atomic mass is 9.93. The van der Waals surface area contributed by atoms with E-state index in [2.05, 4.69) is 0 Å². The monoisotopic (exact) mass is 571 g/mol. The lowest BCUT2D eigenvalue weighted by Gasteiger charge is -2.42. The van der Waals surface area contributed by atoms with Crippen molar-refractivity contribution in [2.45, 2.75) is 37.9 Å². The Kier molecular flexibility index (Phi) is 5.78. The van der Waals surface area contributed by atoms with E-state index >= 15 is 0 Å². The molecule has 0 saturated carbocycles. The Balaban J connectivity index is 1.79. The topological polar surface area (TPSA) is 124 Å². The molecule has 3 aromatic carbocycles. The van der Waals surface area contributed by atoms with Crippen molar-refractivity contribution in [1.29, 1.82) is 0 Å². The van der Waals surface area contributed by atoms with Gasteiger partial charge in [0.05, 0.1) is 28.5 Å². The van der Waals surface area contributed by atoms with Gasteiger partial charge in [0.15, 0.2) is 5.66 Å². The fourth-order valence-corrected chi connectivity index (χ4v) is 7.75. The van der Waals surface area contributed by atoms with E-state index in [0.717, 1.165) is 23.1 Å². The molecule has 0 aliphatic carbocycles. The number of amides is 2. The molecule has 2 amide bonds. The molecule has 2 aliphatic rings. The maximum absolute atomic E-state index is 14.4. The number of aromatic nitrogens is 3. The molecule has 6 rings (SSSR count). The Morgan fingerprint density at radius 1 is 0.805 bits per heavy atom. The van der Waals surface area contributed by atoms with Crippen molar-refractivity contribution in [2.24, 2.45) is 0 Å². The fourth-order valence-electron chi connectivity index (χ4n) is 5.98. The smallest absolute Gasteiger partial charge is 0.274 e. The van der Waals surface area contributed by atoms with E-state index in [-0.39, 0.29) is 34.1 Å². The Hall–Kier alpha value is -4.97.